The number of aromatic amines is 1. The zero-order chi connectivity index (χ0) is 19.0. The Hall–Kier alpha value is -2.84. The molecule has 3 aromatic heterocycles. The highest BCUT2D eigenvalue weighted by atomic mass is 19.4. The minimum Gasteiger partial charge on any atom is -0.371 e. The number of hydrogen-bond acceptors (Lipinski definition) is 4. The van der Waals surface area contributed by atoms with Gasteiger partial charge in [0, 0.05) is 47.9 Å². The highest BCUT2D eigenvalue weighted by molar-refractivity contribution is 6.10. The van der Waals surface area contributed by atoms with Crippen LogP contribution in [0.5, 0.6) is 0 Å². The first-order chi connectivity index (χ1) is 12.9. The molecule has 0 aliphatic carbocycles. The summed E-state index contributed by atoms with van der Waals surface area (Å²) in [5.74, 6) is -0.919. The number of piperidine rings is 1. The van der Waals surface area contributed by atoms with Crippen LogP contribution in [0.15, 0.2) is 30.7 Å². The molecule has 1 aliphatic rings. The number of carbonyl (C=O) groups excluding carboxylic acids is 1. The van der Waals surface area contributed by atoms with Gasteiger partial charge in [-0.25, -0.2) is 9.97 Å². The molecule has 0 aromatic carbocycles. The first-order valence-corrected chi connectivity index (χ1v) is 8.72. The third-order valence-corrected chi connectivity index (χ3v) is 4.94. The Labute approximate surface area is 152 Å². The minimum atomic E-state index is -4.39. The number of hydrogen-bond donors (Lipinski definition) is 2. The van der Waals surface area contributed by atoms with Crippen molar-refractivity contribution in [2.45, 2.75) is 19.0 Å². The van der Waals surface area contributed by atoms with E-state index in [2.05, 4.69) is 19.9 Å². The van der Waals surface area contributed by atoms with Gasteiger partial charge in [-0.2, -0.15) is 13.2 Å². The summed E-state index contributed by atoms with van der Waals surface area (Å²) in [5.41, 5.74) is 2.57. The summed E-state index contributed by atoms with van der Waals surface area (Å²) in [6.45, 7) is -0.0808. The second-order valence-electron chi connectivity index (χ2n) is 6.69. The molecule has 9 heteroatoms. The molecule has 0 unspecified atom stereocenters. The molecule has 2 N–H and O–H groups in total. The standard InChI is InChI=1S/C18H18F3N5O/c19-18(20,21)10-25-17(27)11-3-7-26(8-4-11)14-2-6-22-13-9-24-16-12(15(13)14)1-5-23-16/h1-2,5-6,9,11,22H,3-4,7-8,10H2,(H,25,27). The van der Waals surface area contributed by atoms with Crippen molar-refractivity contribution in [1.29, 1.82) is 0 Å². The van der Waals surface area contributed by atoms with Gasteiger partial charge in [0.25, 0.3) is 0 Å². The van der Waals surface area contributed by atoms with E-state index in [1.165, 1.54) is 0 Å². The summed E-state index contributed by atoms with van der Waals surface area (Å²) in [5, 5.41) is 3.96. The number of alkyl halides is 3. The summed E-state index contributed by atoms with van der Waals surface area (Å²) in [6.07, 6.45) is 1.93. The van der Waals surface area contributed by atoms with Crippen LogP contribution in [0.4, 0.5) is 18.9 Å². The molecule has 142 valence electrons. The van der Waals surface area contributed by atoms with Crippen molar-refractivity contribution in [3.8, 4) is 0 Å². The molecule has 1 aliphatic heterocycles. The summed E-state index contributed by atoms with van der Waals surface area (Å²) < 4.78 is 36.8. The predicted octanol–water partition coefficient (Wildman–Crippen LogP) is 3.01. The molecule has 1 saturated heterocycles. The average Bonchev–Trinajstić information content (AvgIpc) is 3.14. The molecule has 27 heavy (non-hydrogen) atoms. The molecule has 3 aromatic rings. The van der Waals surface area contributed by atoms with Crippen molar-refractivity contribution in [3.63, 3.8) is 0 Å². The number of fused-ring (bicyclic) bond motifs is 3. The fourth-order valence-corrected chi connectivity index (χ4v) is 3.62. The van der Waals surface area contributed by atoms with E-state index in [0.717, 1.165) is 22.0 Å². The van der Waals surface area contributed by atoms with E-state index in [1.807, 2.05) is 23.6 Å². The Bertz CT molecular complexity index is 976. The van der Waals surface area contributed by atoms with Crippen molar-refractivity contribution in [2.75, 3.05) is 24.5 Å². The Morgan fingerprint density at radius 2 is 2.04 bits per heavy atom. The van der Waals surface area contributed by atoms with E-state index in [0.29, 0.717) is 31.6 Å². The Kier molecular flexibility index (Phi) is 4.37. The van der Waals surface area contributed by atoms with Crippen molar-refractivity contribution in [3.05, 3.63) is 30.7 Å². The number of H-pyrrole nitrogens is 1. The summed E-state index contributed by atoms with van der Waals surface area (Å²) in [6, 6.07) is 3.89. The van der Waals surface area contributed by atoms with Crippen molar-refractivity contribution < 1.29 is 18.0 Å². The van der Waals surface area contributed by atoms with E-state index >= 15 is 0 Å². The molecular weight excluding hydrogens is 359 g/mol. The van der Waals surface area contributed by atoms with Crippen LogP contribution in [-0.4, -0.2) is 46.7 Å². The molecule has 6 nitrogen and oxygen atoms in total. The molecule has 1 fully saturated rings. The fourth-order valence-electron chi connectivity index (χ4n) is 3.62. The third kappa shape index (κ3) is 3.54. The van der Waals surface area contributed by atoms with Gasteiger partial charge in [0.1, 0.15) is 6.54 Å². The molecule has 0 saturated carbocycles. The molecule has 4 heterocycles. The lowest BCUT2D eigenvalue weighted by atomic mass is 9.95. The van der Waals surface area contributed by atoms with Crippen LogP contribution in [0.2, 0.25) is 0 Å². The van der Waals surface area contributed by atoms with Crippen LogP contribution >= 0.6 is 0 Å². The molecule has 0 radical (unpaired) electrons. The van der Waals surface area contributed by atoms with Crippen molar-refractivity contribution in [1.82, 2.24) is 20.3 Å². The number of aromatic nitrogens is 3. The van der Waals surface area contributed by atoms with E-state index in [-0.39, 0.29) is 0 Å². The van der Waals surface area contributed by atoms with Gasteiger partial charge in [-0.15, -0.1) is 0 Å². The number of pyridine rings is 2. The zero-order valence-corrected chi connectivity index (χ0v) is 14.4. The topological polar surface area (TPSA) is 73.9 Å². The molecule has 0 spiro atoms. The Morgan fingerprint density at radius 3 is 2.78 bits per heavy atom. The lowest BCUT2D eigenvalue weighted by Gasteiger charge is -2.33. The average molecular weight is 377 g/mol. The quantitative estimate of drug-likeness (QED) is 0.736. The van der Waals surface area contributed by atoms with Crippen LogP contribution in [-0.2, 0) is 4.79 Å². The van der Waals surface area contributed by atoms with Gasteiger partial charge in [0.15, 0.2) is 5.65 Å². The molecule has 4 rings (SSSR count). The lowest BCUT2D eigenvalue weighted by Crippen LogP contribution is -2.43. The number of rotatable bonds is 3. The van der Waals surface area contributed by atoms with E-state index in [4.69, 9.17) is 0 Å². The fraction of sp³-hybridized carbons (Fsp3) is 0.389. The Morgan fingerprint density at radius 1 is 1.26 bits per heavy atom. The Balaban J connectivity index is 1.52. The smallest absolute Gasteiger partial charge is 0.371 e. The van der Waals surface area contributed by atoms with Crippen LogP contribution in [0, 0.1) is 5.92 Å². The van der Waals surface area contributed by atoms with Gasteiger partial charge in [-0.05, 0) is 25.0 Å². The molecular formula is C18H18F3N5O. The van der Waals surface area contributed by atoms with Crippen LogP contribution < -0.4 is 10.2 Å². The predicted molar refractivity (Wildman–Crippen MR) is 95.4 cm³/mol. The van der Waals surface area contributed by atoms with Gasteiger partial charge in [0.2, 0.25) is 5.91 Å². The maximum absolute atomic E-state index is 12.3. The van der Waals surface area contributed by atoms with E-state index in [9.17, 15) is 18.0 Å². The minimum absolute atomic E-state index is 0.396. The molecule has 1 amide bonds. The van der Waals surface area contributed by atoms with Crippen LogP contribution in [0.3, 0.4) is 0 Å². The van der Waals surface area contributed by atoms with Crippen LogP contribution in [0.1, 0.15) is 12.8 Å². The highest BCUT2D eigenvalue weighted by Crippen LogP contribution is 2.33. The number of carbonyl (C=O) groups is 1. The summed E-state index contributed by atoms with van der Waals surface area (Å²) >= 11 is 0. The monoisotopic (exact) mass is 377 g/mol. The van der Waals surface area contributed by atoms with Gasteiger partial charge in [-0.3, -0.25) is 4.79 Å². The second kappa shape index (κ2) is 6.71. The SMILES string of the molecule is O=C(NCC(F)(F)F)C1CCN(c2cc[nH]c3cnc4nccc4c23)CC1. The summed E-state index contributed by atoms with van der Waals surface area (Å²) in [4.78, 5) is 25.9. The molecule has 0 bridgehead atoms. The zero-order valence-electron chi connectivity index (χ0n) is 14.4. The van der Waals surface area contributed by atoms with Gasteiger partial charge >= 0.3 is 6.18 Å². The first-order valence-electron chi connectivity index (χ1n) is 8.72. The molecule has 0 atom stereocenters. The van der Waals surface area contributed by atoms with Gasteiger partial charge in [-0.1, -0.05) is 0 Å². The maximum Gasteiger partial charge on any atom is 0.405 e. The number of amides is 1. The summed E-state index contributed by atoms with van der Waals surface area (Å²) in [7, 11) is 0. The highest BCUT2D eigenvalue weighted by Gasteiger charge is 2.31. The van der Waals surface area contributed by atoms with Gasteiger partial charge in [0.05, 0.1) is 11.7 Å². The second-order valence-corrected chi connectivity index (χ2v) is 6.69. The first kappa shape index (κ1) is 17.6. The van der Waals surface area contributed by atoms with Crippen molar-refractivity contribution >= 4 is 33.5 Å². The maximum atomic E-state index is 12.3. The van der Waals surface area contributed by atoms with E-state index in [1.54, 1.807) is 12.4 Å². The van der Waals surface area contributed by atoms with Gasteiger partial charge < -0.3 is 15.2 Å². The number of halogens is 3. The number of anilines is 1. The third-order valence-electron chi connectivity index (χ3n) is 4.94. The lowest BCUT2D eigenvalue weighted by molar-refractivity contribution is -0.141. The van der Waals surface area contributed by atoms with Crippen LogP contribution in [0.25, 0.3) is 21.9 Å². The van der Waals surface area contributed by atoms with E-state index < -0.39 is 24.5 Å². The number of nitrogens with one attached hydrogen (secondary N) is 2. The largest absolute Gasteiger partial charge is 0.405 e. The van der Waals surface area contributed by atoms with Crippen molar-refractivity contribution in [2.24, 2.45) is 5.92 Å². The number of nitrogens with zero attached hydrogens (tertiary/aromatic N) is 3. The normalized spacial score (nSPS) is 16.2.